The molecule has 0 aromatic carbocycles. The first-order valence-electron chi connectivity index (χ1n) is 9.59. The molecule has 3 rings (SSSR count). The van der Waals surface area contributed by atoms with Crippen molar-refractivity contribution in [3.8, 4) is 0 Å². The van der Waals surface area contributed by atoms with Gasteiger partial charge in [-0.05, 0) is 45.7 Å². The molecule has 2 saturated heterocycles. The van der Waals surface area contributed by atoms with Gasteiger partial charge in [-0.15, -0.1) is 0 Å². The van der Waals surface area contributed by atoms with E-state index in [0.29, 0.717) is 31.4 Å². The highest BCUT2D eigenvalue weighted by Crippen LogP contribution is 2.44. The Bertz CT molecular complexity index is 649. The number of pyridine rings is 1. The van der Waals surface area contributed by atoms with Crippen molar-refractivity contribution in [1.82, 2.24) is 14.8 Å². The van der Waals surface area contributed by atoms with E-state index >= 15 is 0 Å². The third-order valence-corrected chi connectivity index (χ3v) is 5.80. The minimum Gasteiger partial charge on any atom is -0.466 e. The lowest BCUT2D eigenvalue weighted by atomic mass is 9.75. The van der Waals surface area contributed by atoms with Crippen molar-refractivity contribution in [1.29, 1.82) is 0 Å². The summed E-state index contributed by atoms with van der Waals surface area (Å²) in [7, 11) is 0. The van der Waals surface area contributed by atoms with Crippen molar-refractivity contribution in [3.05, 3.63) is 30.1 Å². The lowest BCUT2D eigenvalue weighted by Crippen LogP contribution is -2.43. The van der Waals surface area contributed by atoms with E-state index in [2.05, 4.69) is 23.7 Å². The third kappa shape index (κ3) is 3.47. The van der Waals surface area contributed by atoms with Crippen molar-refractivity contribution in [2.24, 2.45) is 11.3 Å². The van der Waals surface area contributed by atoms with Crippen LogP contribution < -0.4 is 0 Å². The van der Waals surface area contributed by atoms with Gasteiger partial charge in [-0.2, -0.15) is 0 Å². The number of esters is 1. The highest BCUT2D eigenvalue weighted by atomic mass is 16.5. The van der Waals surface area contributed by atoms with Crippen LogP contribution in [0.2, 0.25) is 0 Å². The Morgan fingerprint density at radius 2 is 2.15 bits per heavy atom. The number of amides is 1. The SMILES string of the molecule is CCOC(=O)[C@@]12CCCN(C(=O)c3ccccn3)C[C@@H]1CN(C(C)C)C2. The number of carbonyl (C=O) groups is 2. The van der Waals surface area contributed by atoms with Crippen molar-refractivity contribution in [2.45, 2.75) is 39.7 Å². The maximum atomic E-state index is 12.9. The molecule has 0 radical (unpaired) electrons. The standard InChI is InChI=1S/C20H29N3O3/c1-4-26-19(25)20-9-7-11-22(18(24)17-8-5-6-10-21-17)12-16(20)13-23(14-20)15(2)3/h5-6,8,10,15-16H,4,7,9,11-14H2,1-3H3/t16-,20-/m1/s1. The number of nitrogens with zero attached hydrogens (tertiary/aromatic N) is 3. The van der Waals surface area contributed by atoms with Crippen LogP contribution in [0.25, 0.3) is 0 Å². The first-order chi connectivity index (χ1) is 12.5. The van der Waals surface area contributed by atoms with E-state index in [9.17, 15) is 9.59 Å². The Hall–Kier alpha value is -1.95. The van der Waals surface area contributed by atoms with Crippen LogP contribution in [0, 0.1) is 11.3 Å². The number of aromatic nitrogens is 1. The van der Waals surface area contributed by atoms with Gasteiger partial charge in [0, 0.05) is 44.3 Å². The highest BCUT2D eigenvalue weighted by Gasteiger charge is 2.54. The van der Waals surface area contributed by atoms with E-state index in [1.807, 2.05) is 24.0 Å². The molecule has 1 amide bonds. The Morgan fingerprint density at radius 3 is 2.81 bits per heavy atom. The Kier molecular flexibility index (Phi) is 5.61. The Morgan fingerprint density at radius 1 is 1.35 bits per heavy atom. The van der Waals surface area contributed by atoms with Crippen LogP contribution in [-0.2, 0) is 9.53 Å². The second-order valence-corrected chi connectivity index (χ2v) is 7.67. The number of likely N-dealkylation sites (tertiary alicyclic amines) is 2. The van der Waals surface area contributed by atoms with Gasteiger partial charge in [0.15, 0.2) is 0 Å². The fourth-order valence-corrected chi connectivity index (χ4v) is 4.31. The van der Waals surface area contributed by atoms with Gasteiger partial charge in [-0.1, -0.05) is 6.07 Å². The Balaban J connectivity index is 1.85. The van der Waals surface area contributed by atoms with Crippen LogP contribution in [0.4, 0.5) is 0 Å². The molecule has 0 bridgehead atoms. The molecule has 1 aromatic heterocycles. The van der Waals surface area contributed by atoms with E-state index in [1.165, 1.54) is 0 Å². The summed E-state index contributed by atoms with van der Waals surface area (Å²) >= 11 is 0. The molecule has 2 aliphatic rings. The molecule has 1 aromatic rings. The van der Waals surface area contributed by atoms with Crippen molar-refractivity contribution in [3.63, 3.8) is 0 Å². The van der Waals surface area contributed by atoms with Gasteiger partial charge in [-0.3, -0.25) is 19.5 Å². The number of hydrogen-bond donors (Lipinski definition) is 0. The number of fused-ring (bicyclic) bond motifs is 1. The summed E-state index contributed by atoms with van der Waals surface area (Å²) in [6.45, 7) is 9.34. The van der Waals surface area contributed by atoms with Gasteiger partial charge in [-0.25, -0.2) is 0 Å². The van der Waals surface area contributed by atoms with Crippen LogP contribution in [0.15, 0.2) is 24.4 Å². The summed E-state index contributed by atoms with van der Waals surface area (Å²) in [6.07, 6.45) is 3.22. The van der Waals surface area contributed by atoms with Crippen LogP contribution in [0.3, 0.4) is 0 Å². The summed E-state index contributed by atoms with van der Waals surface area (Å²) < 4.78 is 5.47. The number of rotatable bonds is 4. The molecular weight excluding hydrogens is 330 g/mol. The summed E-state index contributed by atoms with van der Waals surface area (Å²) in [6, 6.07) is 5.76. The maximum Gasteiger partial charge on any atom is 0.313 e. The average Bonchev–Trinajstić information content (AvgIpc) is 2.91. The van der Waals surface area contributed by atoms with Crippen LogP contribution in [0.1, 0.15) is 44.1 Å². The highest BCUT2D eigenvalue weighted by molar-refractivity contribution is 5.92. The molecule has 0 N–H and O–H groups in total. The quantitative estimate of drug-likeness (QED) is 0.772. The van der Waals surface area contributed by atoms with Gasteiger partial charge >= 0.3 is 5.97 Å². The smallest absolute Gasteiger partial charge is 0.313 e. The van der Waals surface area contributed by atoms with Gasteiger partial charge in [0.1, 0.15) is 5.69 Å². The van der Waals surface area contributed by atoms with Crippen LogP contribution >= 0.6 is 0 Å². The molecular formula is C20H29N3O3. The number of ether oxygens (including phenoxy) is 1. The average molecular weight is 359 g/mol. The predicted molar refractivity (Wildman–Crippen MR) is 98.6 cm³/mol. The molecule has 26 heavy (non-hydrogen) atoms. The van der Waals surface area contributed by atoms with E-state index in [4.69, 9.17) is 4.74 Å². The van der Waals surface area contributed by atoms with Gasteiger partial charge < -0.3 is 9.64 Å². The van der Waals surface area contributed by atoms with E-state index < -0.39 is 5.41 Å². The molecule has 6 nitrogen and oxygen atoms in total. The lowest BCUT2D eigenvalue weighted by Gasteiger charge is -2.31. The van der Waals surface area contributed by atoms with E-state index in [0.717, 1.165) is 25.9 Å². The minimum atomic E-state index is -0.501. The molecule has 0 saturated carbocycles. The second kappa shape index (κ2) is 7.74. The lowest BCUT2D eigenvalue weighted by molar-refractivity contribution is -0.157. The third-order valence-electron chi connectivity index (χ3n) is 5.80. The zero-order chi connectivity index (χ0) is 18.7. The van der Waals surface area contributed by atoms with Crippen molar-refractivity contribution in [2.75, 3.05) is 32.8 Å². The fourth-order valence-electron chi connectivity index (χ4n) is 4.31. The summed E-state index contributed by atoms with van der Waals surface area (Å²) in [5.41, 5.74) is -0.0331. The molecule has 2 fully saturated rings. The molecule has 142 valence electrons. The van der Waals surface area contributed by atoms with Crippen molar-refractivity contribution >= 4 is 11.9 Å². The van der Waals surface area contributed by atoms with Crippen LogP contribution in [0.5, 0.6) is 0 Å². The predicted octanol–water partition coefficient (Wildman–Crippen LogP) is 2.21. The molecule has 6 heteroatoms. The summed E-state index contributed by atoms with van der Waals surface area (Å²) in [4.78, 5) is 34.2. The number of carbonyl (C=O) groups excluding carboxylic acids is 2. The van der Waals surface area contributed by atoms with Gasteiger partial charge in [0.25, 0.3) is 5.91 Å². The topological polar surface area (TPSA) is 62.7 Å². The first kappa shape index (κ1) is 18.8. The van der Waals surface area contributed by atoms with Crippen molar-refractivity contribution < 1.29 is 14.3 Å². The van der Waals surface area contributed by atoms with E-state index in [1.54, 1.807) is 12.3 Å². The summed E-state index contributed by atoms with van der Waals surface area (Å²) in [5.74, 6) is -0.0485. The second-order valence-electron chi connectivity index (χ2n) is 7.67. The van der Waals surface area contributed by atoms with Gasteiger partial charge in [0.05, 0.1) is 12.0 Å². The van der Waals surface area contributed by atoms with E-state index in [-0.39, 0.29) is 17.8 Å². The molecule has 0 unspecified atom stereocenters. The molecule has 0 aliphatic carbocycles. The van der Waals surface area contributed by atoms with Crippen LogP contribution in [-0.4, -0.2) is 65.5 Å². The molecule has 2 atom stereocenters. The molecule has 3 heterocycles. The largest absolute Gasteiger partial charge is 0.466 e. The first-order valence-corrected chi connectivity index (χ1v) is 9.59. The normalized spacial score (nSPS) is 26.5. The summed E-state index contributed by atoms with van der Waals surface area (Å²) in [5, 5.41) is 0. The molecule has 2 aliphatic heterocycles. The fraction of sp³-hybridized carbons (Fsp3) is 0.650. The maximum absolute atomic E-state index is 12.9. The molecule has 0 spiro atoms. The number of hydrogen-bond acceptors (Lipinski definition) is 5. The monoisotopic (exact) mass is 359 g/mol. The Labute approximate surface area is 155 Å². The van der Waals surface area contributed by atoms with Gasteiger partial charge in [0.2, 0.25) is 0 Å². The minimum absolute atomic E-state index is 0.0479. The zero-order valence-electron chi connectivity index (χ0n) is 16.0. The zero-order valence-corrected chi connectivity index (χ0v) is 16.0.